The van der Waals surface area contributed by atoms with E-state index in [-0.39, 0.29) is 5.91 Å². The summed E-state index contributed by atoms with van der Waals surface area (Å²) in [6.45, 7) is 4.02. The SMILES string of the molecule is Cc1cc2c(SCC(=O)NC3=CC(C)C=CC=C3)nccn2n1. The second kappa shape index (κ2) is 6.83. The highest BCUT2D eigenvalue weighted by atomic mass is 32.2. The van der Waals surface area contributed by atoms with E-state index in [4.69, 9.17) is 0 Å². The third-order valence-corrected chi connectivity index (χ3v) is 4.34. The van der Waals surface area contributed by atoms with Crippen LogP contribution in [0.2, 0.25) is 0 Å². The van der Waals surface area contributed by atoms with Gasteiger partial charge in [-0.1, -0.05) is 43.0 Å². The molecule has 0 saturated carbocycles. The van der Waals surface area contributed by atoms with Crippen LogP contribution in [-0.2, 0) is 4.79 Å². The maximum Gasteiger partial charge on any atom is 0.234 e. The average Bonchev–Trinajstić information content (AvgIpc) is 2.78. The van der Waals surface area contributed by atoms with Crippen LogP contribution in [0.15, 0.2) is 59.6 Å². The minimum atomic E-state index is -0.0416. The van der Waals surface area contributed by atoms with Crippen molar-refractivity contribution in [2.24, 2.45) is 5.92 Å². The minimum absolute atomic E-state index is 0.0416. The van der Waals surface area contributed by atoms with Gasteiger partial charge in [0.15, 0.2) is 0 Å². The molecule has 0 aromatic carbocycles. The molecule has 0 radical (unpaired) electrons. The Bertz CT molecular complexity index is 819. The summed E-state index contributed by atoms with van der Waals surface area (Å²) in [4.78, 5) is 16.5. The number of carbonyl (C=O) groups is 1. The van der Waals surface area contributed by atoms with Gasteiger partial charge in [0, 0.05) is 18.1 Å². The molecule has 3 rings (SSSR count). The Balaban J connectivity index is 1.64. The molecule has 0 aliphatic heterocycles. The summed E-state index contributed by atoms with van der Waals surface area (Å²) in [7, 11) is 0. The smallest absolute Gasteiger partial charge is 0.234 e. The molecule has 1 N–H and O–H groups in total. The van der Waals surface area contributed by atoms with Gasteiger partial charge in [-0.15, -0.1) is 0 Å². The fourth-order valence-electron chi connectivity index (χ4n) is 2.34. The van der Waals surface area contributed by atoms with Crippen LogP contribution in [-0.4, -0.2) is 26.3 Å². The predicted molar refractivity (Wildman–Crippen MR) is 92.1 cm³/mol. The number of aromatic nitrogens is 3. The molecule has 6 heteroatoms. The average molecular weight is 326 g/mol. The highest BCUT2D eigenvalue weighted by molar-refractivity contribution is 8.00. The molecule has 0 fully saturated rings. The Morgan fingerprint density at radius 1 is 1.43 bits per heavy atom. The van der Waals surface area contributed by atoms with E-state index in [1.165, 1.54) is 11.8 Å². The van der Waals surface area contributed by atoms with E-state index in [2.05, 4.69) is 28.4 Å². The number of carbonyl (C=O) groups excluding carboxylic acids is 1. The van der Waals surface area contributed by atoms with Gasteiger partial charge in [-0.2, -0.15) is 5.10 Å². The third-order valence-electron chi connectivity index (χ3n) is 3.34. The normalized spacial score (nSPS) is 17.1. The molecule has 1 atom stereocenters. The number of nitrogens with one attached hydrogen (secondary N) is 1. The largest absolute Gasteiger partial charge is 0.326 e. The highest BCUT2D eigenvalue weighted by Gasteiger charge is 2.10. The van der Waals surface area contributed by atoms with Crippen molar-refractivity contribution in [2.45, 2.75) is 18.9 Å². The first-order valence-electron chi connectivity index (χ1n) is 7.42. The van der Waals surface area contributed by atoms with Crippen LogP contribution in [0.3, 0.4) is 0 Å². The number of fused-ring (bicyclic) bond motifs is 1. The minimum Gasteiger partial charge on any atom is -0.326 e. The molecule has 5 nitrogen and oxygen atoms in total. The van der Waals surface area contributed by atoms with Crippen molar-refractivity contribution in [1.29, 1.82) is 0 Å². The first-order chi connectivity index (χ1) is 11.1. The lowest BCUT2D eigenvalue weighted by molar-refractivity contribution is -0.117. The van der Waals surface area contributed by atoms with Crippen LogP contribution in [0.25, 0.3) is 5.52 Å². The second-order valence-corrected chi connectivity index (χ2v) is 6.37. The van der Waals surface area contributed by atoms with Crippen LogP contribution in [0, 0.1) is 12.8 Å². The van der Waals surface area contributed by atoms with Crippen molar-refractivity contribution in [1.82, 2.24) is 19.9 Å². The van der Waals surface area contributed by atoms with Gasteiger partial charge < -0.3 is 5.32 Å². The van der Waals surface area contributed by atoms with Crippen molar-refractivity contribution in [3.05, 3.63) is 60.2 Å². The standard InChI is InChI=1S/C17H18N4OS/c1-12-5-3-4-6-14(9-12)19-16(22)11-23-17-15-10-13(2)20-21(15)8-7-18-17/h3-10,12H,11H2,1-2H3,(H,19,22). The Kier molecular flexibility index (Phi) is 4.62. The summed E-state index contributed by atoms with van der Waals surface area (Å²) in [6.07, 6.45) is 13.4. The molecule has 0 spiro atoms. The number of amides is 1. The van der Waals surface area contributed by atoms with E-state index in [1.54, 1.807) is 10.7 Å². The van der Waals surface area contributed by atoms with Crippen LogP contribution < -0.4 is 5.32 Å². The van der Waals surface area contributed by atoms with E-state index in [9.17, 15) is 4.79 Å². The van der Waals surface area contributed by atoms with Crippen LogP contribution in [0.4, 0.5) is 0 Å². The van der Waals surface area contributed by atoms with E-state index in [0.29, 0.717) is 11.7 Å². The Hall–Kier alpha value is -2.34. The summed E-state index contributed by atoms with van der Waals surface area (Å²) in [5, 5.41) is 8.10. The van der Waals surface area contributed by atoms with Crippen molar-refractivity contribution >= 4 is 23.2 Å². The zero-order valence-electron chi connectivity index (χ0n) is 13.1. The molecule has 2 heterocycles. The number of hydrogen-bond donors (Lipinski definition) is 1. The first kappa shape index (κ1) is 15.6. The molecule has 118 valence electrons. The lowest BCUT2D eigenvalue weighted by Crippen LogP contribution is -2.24. The van der Waals surface area contributed by atoms with Gasteiger partial charge in [0.1, 0.15) is 5.03 Å². The number of thioether (sulfide) groups is 1. The molecular formula is C17H18N4OS. The Morgan fingerprint density at radius 2 is 2.30 bits per heavy atom. The Morgan fingerprint density at radius 3 is 3.17 bits per heavy atom. The van der Waals surface area contributed by atoms with E-state index in [0.717, 1.165) is 21.9 Å². The van der Waals surface area contributed by atoms with E-state index >= 15 is 0 Å². The molecule has 2 aromatic heterocycles. The number of aryl methyl sites for hydroxylation is 1. The number of rotatable bonds is 4. The fourth-order valence-corrected chi connectivity index (χ4v) is 3.11. The van der Waals surface area contributed by atoms with Gasteiger partial charge in [0.05, 0.1) is 17.0 Å². The van der Waals surface area contributed by atoms with E-state index < -0.39 is 0 Å². The quantitative estimate of drug-likeness (QED) is 0.878. The van der Waals surface area contributed by atoms with Gasteiger partial charge in [0.25, 0.3) is 0 Å². The van der Waals surface area contributed by atoms with Gasteiger partial charge in [-0.25, -0.2) is 9.50 Å². The molecule has 1 amide bonds. The molecule has 2 aromatic rings. The van der Waals surface area contributed by atoms with Crippen molar-refractivity contribution in [2.75, 3.05) is 5.75 Å². The van der Waals surface area contributed by atoms with Crippen molar-refractivity contribution in [3.8, 4) is 0 Å². The topological polar surface area (TPSA) is 59.3 Å². The lowest BCUT2D eigenvalue weighted by Gasteiger charge is -2.07. The van der Waals surface area contributed by atoms with Gasteiger partial charge in [-0.3, -0.25) is 4.79 Å². The van der Waals surface area contributed by atoms with Gasteiger partial charge in [0.2, 0.25) is 5.91 Å². The molecular weight excluding hydrogens is 308 g/mol. The molecule has 23 heavy (non-hydrogen) atoms. The maximum absolute atomic E-state index is 12.2. The van der Waals surface area contributed by atoms with Crippen LogP contribution in [0.1, 0.15) is 12.6 Å². The van der Waals surface area contributed by atoms with Crippen LogP contribution >= 0.6 is 11.8 Å². The summed E-state index contributed by atoms with van der Waals surface area (Å²) in [6, 6.07) is 1.97. The molecule has 1 aliphatic carbocycles. The Labute approximate surface area is 139 Å². The van der Waals surface area contributed by atoms with Crippen LogP contribution in [0.5, 0.6) is 0 Å². The summed E-state index contributed by atoms with van der Waals surface area (Å²) >= 11 is 1.42. The summed E-state index contributed by atoms with van der Waals surface area (Å²) in [5.41, 5.74) is 2.69. The van der Waals surface area contributed by atoms with Gasteiger partial charge >= 0.3 is 0 Å². The molecule has 0 saturated heterocycles. The summed E-state index contributed by atoms with van der Waals surface area (Å²) in [5.74, 6) is 0.572. The van der Waals surface area contributed by atoms with Crippen molar-refractivity contribution in [3.63, 3.8) is 0 Å². The second-order valence-electron chi connectivity index (χ2n) is 5.41. The van der Waals surface area contributed by atoms with E-state index in [1.807, 2.05) is 43.5 Å². The highest BCUT2D eigenvalue weighted by Crippen LogP contribution is 2.21. The van der Waals surface area contributed by atoms with Crippen molar-refractivity contribution < 1.29 is 4.79 Å². The lowest BCUT2D eigenvalue weighted by atomic mass is 10.1. The monoisotopic (exact) mass is 326 g/mol. The number of hydrogen-bond acceptors (Lipinski definition) is 4. The molecule has 1 aliphatic rings. The predicted octanol–water partition coefficient (Wildman–Crippen LogP) is 2.89. The number of allylic oxidation sites excluding steroid dienone is 5. The molecule has 1 unspecified atom stereocenters. The maximum atomic E-state index is 12.2. The zero-order valence-corrected chi connectivity index (χ0v) is 13.9. The first-order valence-corrected chi connectivity index (χ1v) is 8.41. The molecule has 0 bridgehead atoms. The zero-order chi connectivity index (χ0) is 16.2. The summed E-state index contributed by atoms with van der Waals surface area (Å²) < 4.78 is 1.78. The third kappa shape index (κ3) is 3.90. The van der Waals surface area contributed by atoms with Gasteiger partial charge in [-0.05, 0) is 25.0 Å². The fraction of sp³-hybridized carbons (Fsp3) is 0.235. The number of nitrogens with zero attached hydrogens (tertiary/aromatic N) is 3.